The van der Waals surface area contributed by atoms with Crippen molar-refractivity contribution in [2.75, 3.05) is 50.1 Å². The molecule has 4 aromatic rings. The summed E-state index contributed by atoms with van der Waals surface area (Å²) >= 11 is 0. The van der Waals surface area contributed by atoms with Crippen molar-refractivity contribution in [1.29, 1.82) is 0 Å². The number of piperazine rings is 1. The van der Waals surface area contributed by atoms with Crippen molar-refractivity contribution in [3.05, 3.63) is 48.0 Å². The van der Waals surface area contributed by atoms with Crippen LogP contribution in [0, 0.1) is 6.92 Å². The maximum Gasteiger partial charge on any atom is 0.291 e. The molecule has 0 aromatic carbocycles. The van der Waals surface area contributed by atoms with Crippen molar-refractivity contribution in [3.8, 4) is 5.75 Å². The van der Waals surface area contributed by atoms with Crippen LogP contribution in [0.5, 0.6) is 5.75 Å². The molecule has 0 spiro atoms. The first-order valence-corrected chi connectivity index (χ1v) is 10.8. The summed E-state index contributed by atoms with van der Waals surface area (Å²) in [4.78, 5) is 22.3. The molecule has 1 aliphatic rings. The number of aryl methyl sites for hydroxylation is 1. The number of carbonyl (C=O) groups is 1. The van der Waals surface area contributed by atoms with Crippen molar-refractivity contribution in [3.63, 3.8) is 0 Å². The quantitative estimate of drug-likeness (QED) is 0.516. The lowest BCUT2D eigenvalue weighted by Gasteiger charge is -2.34. The number of carbonyl (C=O) groups excluding carboxylic acids is 1. The number of ether oxygens (including phenoxy) is 1. The van der Waals surface area contributed by atoms with E-state index in [1.165, 1.54) is 0 Å². The predicted molar refractivity (Wildman–Crippen MR) is 123 cm³/mol. The zero-order valence-corrected chi connectivity index (χ0v) is 18.5. The zero-order chi connectivity index (χ0) is 22.2. The van der Waals surface area contributed by atoms with Crippen LogP contribution in [0.1, 0.15) is 23.2 Å². The fourth-order valence-corrected chi connectivity index (χ4v) is 4.09. The van der Waals surface area contributed by atoms with Crippen molar-refractivity contribution >= 4 is 34.0 Å². The van der Waals surface area contributed by atoms with E-state index in [1.807, 2.05) is 31.2 Å². The molecule has 166 valence electrons. The van der Waals surface area contributed by atoms with E-state index in [9.17, 15) is 4.79 Å². The summed E-state index contributed by atoms with van der Waals surface area (Å²) in [6.07, 6.45) is 1.74. The average molecular weight is 435 g/mol. The number of hydrogen-bond acceptors (Lipinski definition) is 7. The summed E-state index contributed by atoms with van der Waals surface area (Å²) in [6, 6.07) is 9.27. The molecule has 0 aliphatic carbocycles. The van der Waals surface area contributed by atoms with Gasteiger partial charge in [0.2, 0.25) is 0 Å². The third-order valence-corrected chi connectivity index (χ3v) is 5.88. The van der Waals surface area contributed by atoms with E-state index in [0.717, 1.165) is 49.8 Å². The monoisotopic (exact) mass is 434 g/mol. The van der Waals surface area contributed by atoms with Gasteiger partial charge in [-0.1, -0.05) is 6.92 Å². The van der Waals surface area contributed by atoms with E-state index in [1.54, 1.807) is 23.9 Å². The van der Waals surface area contributed by atoms with Gasteiger partial charge in [0.15, 0.2) is 17.1 Å². The highest BCUT2D eigenvalue weighted by Crippen LogP contribution is 2.28. The Kier molecular flexibility index (Phi) is 5.18. The Bertz CT molecular complexity index is 1290. The van der Waals surface area contributed by atoms with Crippen LogP contribution in [0.15, 0.2) is 40.9 Å². The second-order valence-electron chi connectivity index (χ2n) is 7.95. The van der Waals surface area contributed by atoms with Gasteiger partial charge in [-0.3, -0.25) is 4.79 Å². The number of nitrogens with one attached hydrogen (secondary N) is 1. The van der Waals surface area contributed by atoms with Gasteiger partial charge >= 0.3 is 0 Å². The maximum absolute atomic E-state index is 12.9. The summed E-state index contributed by atoms with van der Waals surface area (Å²) in [6.45, 7) is 9.09. The van der Waals surface area contributed by atoms with Crippen LogP contribution in [-0.2, 0) is 0 Å². The Balaban J connectivity index is 1.38. The van der Waals surface area contributed by atoms with Gasteiger partial charge in [0.25, 0.3) is 5.91 Å². The molecule has 0 saturated carbocycles. The highest BCUT2D eigenvalue weighted by Gasteiger charge is 2.20. The molecule has 0 atom stereocenters. The molecule has 1 N–H and O–H groups in total. The van der Waals surface area contributed by atoms with Crippen LogP contribution in [0.2, 0.25) is 0 Å². The van der Waals surface area contributed by atoms with E-state index in [0.29, 0.717) is 22.5 Å². The Morgan fingerprint density at radius 1 is 1.19 bits per heavy atom. The van der Waals surface area contributed by atoms with Gasteiger partial charge < -0.3 is 24.3 Å². The van der Waals surface area contributed by atoms with Crippen LogP contribution >= 0.6 is 0 Å². The highest BCUT2D eigenvalue weighted by atomic mass is 16.5. The topological polar surface area (TPSA) is 88.1 Å². The van der Waals surface area contributed by atoms with E-state index in [-0.39, 0.29) is 11.7 Å². The molecule has 9 nitrogen and oxygen atoms in total. The lowest BCUT2D eigenvalue weighted by atomic mass is 10.3. The molecule has 9 heteroatoms. The van der Waals surface area contributed by atoms with E-state index >= 15 is 0 Å². The number of pyridine rings is 2. The Morgan fingerprint density at radius 3 is 2.75 bits per heavy atom. The fraction of sp³-hybridized carbons (Fsp3) is 0.348. The number of aromatic nitrogens is 3. The third-order valence-electron chi connectivity index (χ3n) is 5.88. The highest BCUT2D eigenvalue weighted by molar-refractivity contribution is 6.05. The summed E-state index contributed by atoms with van der Waals surface area (Å²) in [7, 11) is 1.56. The smallest absolute Gasteiger partial charge is 0.291 e. The molecule has 32 heavy (non-hydrogen) atoms. The molecule has 0 radical (unpaired) electrons. The van der Waals surface area contributed by atoms with Gasteiger partial charge in [-0.05, 0) is 37.7 Å². The van der Waals surface area contributed by atoms with Crippen molar-refractivity contribution in [1.82, 2.24) is 19.5 Å². The molecule has 1 saturated heterocycles. The molecule has 5 rings (SSSR count). The van der Waals surface area contributed by atoms with Crippen LogP contribution in [0.3, 0.4) is 0 Å². The average Bonchev–Trinajstić information content (AvgIpc) is 3.40. The largest absolute Gasteiger partial charge is 0.493 e. The standard InChI is InChI=1S/C23H26N6O3/c1-4-27-7-9-28(10-8-27)22-6-5-19-18(24-22)13-20(32-19)23(30)25-17-12-16-11-15(2)26-29(16)14-21(17)31-3/h5-6,11-14H,4,7-10H2,1-3H3,(H,25,30). The van der Waals surface area contributed by atoms with Gasteiger partial charge in [0.1, 0.15) is 11.3 Å². The summed E-state index contributed by atoms with van der Waals surface area (Å²) in [5, 5.41) is 7.26. The first-order valence-electron chi connectivity index (χ1n) is 10.8. The number of amides is 1. The van der Waals surface area contributed by atoms with Gasteiger partial charge in [0, 0.05) is 32.2 Å². The molecular formula is C23H26N6O3. The second-order valence-corrected chi connectivity index (χ2v) is 7.95. The number of fused-ring (bicyclic) bond motifs is 2. The van der Waals surface area contributed by atoms with Crippen molar-refractivity contribution in [2.24, 2.45) is 0 Å². The van der Waals surface area contributed by atoms with E-state index in [2.05, 4.69) is 27.1 Å². The summed E-state index contributed by atoms with van der Waals surface area (Å²) in [5.74, 6) is 1.26. The van der Waals surface area contributed by atoms with Crippen LogP contribution in [0.4, 0.5) is 11.5 Å². The molecule has 5 heterocycles. The van der Waals surface area contributed by atoms with Gasteiger partial charge in [-0.2, -0.15) is 5.10 Å². The number of likely N-dealkylation sites (N-methyl/N-ethyl adjacent to an activating group) is 1. The van der Waals surface area contributed by atoms with Crippen molar-refractivity contribution < 1.29 is 13.9 Å². The molecule has 1 amide bonds. The second kappa shape index (κ2) is 8.16. The summed E-state index contributed by atoms with van der Waals surface area (Å²) < 4.78 is 12.9. The van der Waals surface area contributed by atoms with E-state index in [4.69, 9.17) is 14.1 Å². The van der Waals surface area contributed by atoms with Gasteiger partial charge in [0.05, 0.1) is 30.2 Å². The minimum atomic E-state index is -0.361. The lowest BCUT2D eigenvalue weighted by molar-refractivity contribution is 0.0998. The maximum atomic E-state index is 12.9. The zero-order valence-electron chi connectivity index (χ0n) is 18.5. The molecule has 0 bridgehead atoms. The SMILES string of the molecule is CCN1CCN(c2ccc3oc(C(=O)Nc4cc5cc(C)nn5cc4OC)cc3n2)CC1. The minimum Gasteiger partial charge on any atom is -0.493 e. The molecular weight excluding hydrogens is 408 g/mol. The van der Waals surface area contributed by atoms with E-state index < -0.39 is 0 Å². The summed E-state index contributed by atoms with van der Waals surface area (Å²) in [5.41, 5.74) is 3.54. The van der Waals surface area contributed by atoms with Crippen LogP contribution in [-0.4, -0.2) is 65.2 Å². The van der Waals surface area contributed by atoms with Gasteiger partial charge in [-0.25, -0.2) is 9.50 Å². The van der Waals surface area contributed by atoms with Crippen LogP contribution in [0.25, 0.3) is 16.6 Å². The van der Waals surface area contributed by atoms with Crippen molar-refractivity contribution in [2.45, 2.75) is 13.8 Å². The number of rotatable bonds is 5. The predicted octanol–water partition coefficient (Wildman–Crippen LogP) is 3.19. The third kappa shape index (κ3) is 3.75. The molecule has 1 aliphatic heterocycles. The Labute approximate surface area is 185 Å². The number of methoxy groups -OCH3 is 1. The molecule has 1 fully saturated rings. The first kappa shape index (κ1) is 20.3. The molecule has 0 unspecified atom stereocenters. The Morgan fingerprint density at radius 2 is 2.00 bits per heavy atom. The molecule has 4 aromatic heterocycles. The fourth-order valence-electron chi connectivity index (χ4n) is 4.09. The lowest BCUT2D eigenvalue weighted by Crippen LogP contribution is -2.46. The minimum absolute atomic E-state index is 0.201. The normalized spacial score (nSPS) is 14.9. The number of hydrogen-bond donors (Lipinski definition) is 1. The van der Waals surface area contributed by atoms with Crippen LogP contribution < -0.4 is 15.0 Å². The first-order chi connectivity index (χ1) is 15.5. The van der Waals surface area contributed by atoms with Gasteiger partial charge in [-0.15, -0.1) is 0 Å². The number of furan rings is 1. The number of anilines is 2. The number of nitrogens with zero attached hydrogens (tertiary/aromatic N) is 5. The Hall–Kier alpha value is -3.59.